The van der Waals surface area contributed by atoms with Crippen LogP contribution >= 0.6 is 0 Å². The molecule has 1 aromatic heterocycles. The van der Waals surface area contributed by atoms with Gasteiger partial charge in [-0.05, 0) is 49.7 Å². The molecule has 0 fully saturated rings. The fourth-order valence-corrected chi connectivity index (χ4v) is 5.93. The van der Waals surface area contributed by atoms with Crippen LogP contribution in [-0.2, 0) is 17.8 Å². The molecule has 0 unspecified atom stereocenters. The fourth-order valence-electron chi connectivity index (χ4n) is 5.93. The summed E-state index contributed by atoms with van der Waals surface area (Å²) >= 11 is 0. The van der Waals surface area contributed by atoms with E-state index in [2.05, 4.69) is 45.7 Å². The van der Waals surface area contributed by atoms with Crippen LogP contribution in [0.3, 0.4) is 0 Å². The van der Waals surface area contributed by atoms with E-state index in [1.807, 2.05) is 62.4 Å². The van der Waals surface area contributed by atoms with Crippen LogP contribution in [0.4, 0.5) is 5.69 Å². The molecule has 3 aromatic rings. The highest BCUT2D eigenvalue weighted by Crippen LogP contribution is 2.44. The molecule has 2 aromatic carbocycles. The second-order valence-corrected chi connectivity index (χ2v) is 10.9. The molecule has 0 saturated heterocycles. The molecule has 1 atom stereocenters. The van der Waals surface area contributed by atoms with Gasteiger partial charge in [0.1, 0.15) is 12.7 Å². The number of nitrogens with one attached hydrogen (secondary N) is 1. The molecule has 184 valence electrons. The van der Waals surface area contributed by atoms with Gasteiger partial charge in [-0.25, -0.2) is 0 Å². The predicted octanol–water partition coefficient (Wildman–Crippen LogP) is 3.49. The van der Waals surface area contributed by atoms with Crippen LogP contribution in [0.1, 0.15) is 41.6 Å². The van der Waals surface area contributed by atoms with Crippen LogP contribution in [0.25, 0.3) is 10.9 Å². The Kier molecular flexibility index (Phi) is 5.83. The van der Waals surface area contributed by atoms with Crippen molar-refractivity contribution in [2.45, 2.75) is 33.0 Å². The Balaban J connectivity index is 1.53. The van der Waals surface area contributed by atoms with Gasteiger partial charge < -0.3 is 24.6 Å². The van der Waals surface area contributed by atoms with Crippen LogP contribution < -0.4 is 10.2 Å². The second-order valence-electron chi connectivity index (χ2n) is 10.9. The van der Waals surface area contributed by atoms with Crippen molar-refractivity contribution in [1.82, 2.24) is 19.7 Å². The zero-order chi connectivity index (χ0) is 24.9. The summed E-state index contributed by atoms with van der Waals surface area (Å²) in [5.74, 6) is 0.0451. The third kappa shape index (κ3) is 4.08. The van der Waals surface area contributed by atoms with Crippen molar-refractivity contribution in [3.8, 4) is 0 Å². The Bertz CT molecular complexity index is 1290. The highest BCUT2D eigenvalue weighted by Gasteiger charge is 2.42. The first-order chi connectivity index (χ1) is 16.7. The number of hydrogen-bond acceptors (Lipinski definition) is 4. The molecule has 0 aliphatic carbocycles. The van der Waals surface area contributed by atoms with Crippen molar-refractivity contribution < 1.29 is 9.59 Å². The first-order valence-corrected chi connectivity index (χ1v) is 12.3. The van der Waals surface area contributed by atoms with Crippen LogP contribution in [0.15, 0.2) is 48.5 Å². The van der Waals surface area contributed by atoms with E-state index in [4.69, 9.17) is 0 Å². The van der Waals surface area contributed by atoms with Gasteiger partial charge in [-0.2, -0.15) is 0 Å². The van der Waals surface area contributed by atoms with E-state index in [1.165, 1.54) is 10.9 Å². The number of fused-ring (bicyclic) bond motifs is 6. The highest BCUT2D eigenvalue weighted by atomic mass is 16.2. The number of nitrogens with zero attached hydrogens (tertiary/aromatic N) is 4. The molecule has 7 nitrogen and oxygen atoms in total. The number of hydrogen-bond donors (Lipinski definition) is 1. The lowest BCUT2D eigenvalue weighted by Crippen LogP contribution is -2.51. The van der Waals surface area contributed by atoms with Crippen LogP contribution in [0, 0.1) is 5.41 Å². The van der Waals surface area contributed by atoms with Gasteiger partial charge in [-0.1, -0.05) is 44.2 Å². The Morgan fingerprint density at radius 3 is 2.60 bits per heavy atom. The van der Waals surface area contributed by atoms with Crippen LogP contribution in [0.5, 0.6) is 0 Å². The van der Waals surface area contributed by atoms with Gasteiger partial charge in [-0.15, -0.1) is 0 Å². The minimum atomic E-state index is -0.244. The predicted molar refractivity (Wildman–Crippen MR) is 140 cm³/mol. The largest absolute Gasteiger partial charge is 0.354 e. The minimum absolute atomic E-state index is 0.0114. The topological polar surface area (TPSA) is 60.8 Å². The lowest BCUT2D eigenvalue weighted by Gasteiger charge is -2.46. The smallest absolute Gasteiger partial charge is 0.257 e. The van der Waals surface area contributed by atoms with Gasteiger partial charge in [0.2, 0.25) is 5.91 Å². The molecule has 7 heteroatoms. The summed E-state index contributed by atoms with van der Waals surface area (Å²) in [6, 6.07) is 16.1. The van der Waals surface area contributed by atoms with E-state index in [-0.39, 0.29) is 29.9 Å². The van der Waals surface area contributed by atoms with E-state index in [1.54, 1.807) is 0 Å². The van der Waals surface area contributed by atoms with E-state index in [0.717, 1.165) is 35.4 Å². The second kappa shape index (κ2) is 8.72. The molecule has 35 heavy (non-hydrogen) atoms. The molecule has 0 spiro atoms. The summed E-state index contributed by atoms with van der Waals surface area (Å²) < 4.78 is 2.13. The number of para-hydroxylation sites is 2. The quantitative estimate of drug-likeness (QED) is 0.595. The summed E-state index contributed by atoms with van der Waals surface area (Å²) in [7, 11) is 6.14. The maximum Gasteiger partial charge on any atom is 0.257 e. The zero-order valence-corrected chi connectivity index (χ0v) is 21.3. The monoisotopic (exact) mass is 473 g/mol. The van der Waals surface area contributed by atoms with Gasteiger partial charge in [0.25, 0.3) is 5.91 Å². The van der Waals surface area contributed by atoms with Crippen molar-refractivity contribution in [3.05, 3.63) is 65.4 Å². The molecule has 0 radical (unpaired) electrons. The van der Waals surface area contributed by atoms with Gasteiger partial charge in [0, 0.05) is 37.6 Å². The van der Waals surface area contributed by atoms with E-state index >= 15 is 0 Å². The summed E-state index contributed by atoms with van der Waals surface area (Å²) in [6.07, 6.45) is 0.532. The first-order valence-electron chi connectivity index (χ1n) is 12.3. The van der Waals surface area contributed by atoms with E-state index in [0.29, 0.717) is 13.1 Å². The van der Waals surface area contributed by atoms with Gasteiger partial charge in [-0.3, -0.25) is 9.59 Å². The fraction of sp³-hybridized carbons (Fsp3) is 0.429. The van der Waals surface area contributed by atoms with Crippen molar-refractivity contribution in [3.63, 3.8) is 0 Å². The molecule has 2 aliphatic rings. The molecule has 2 amide bonds. The van der Waals surface area contributed by atoms with E-state index in [9.17, 15) is 9.59 Å². The van der Waals surface area contributed by atoms with E-state index < -0.39 is 0 Å². The van der Waals surface area contributed by atoms with Crippen molar-refractivity contribution >= 4 is 28.4 Å². The molecule has 5 rings (SSSR count). The Morgan fingerprint density at radius 1 is 1.11 bits per heavy atom. The minimum Gasteiger partial charge on any atom is -0.354 e. The SMILES string of the molecule is CN(C)CC(C)(C)CNC(=O)Cn1c2c(c3ccccc31)CCN1C(=O)c3ccccc3N(C)[C@@H]21. The van der Waals surface area contributed by atoms with Crippen LogP contribution in [-0.4, -0.2) is 67.0 Å². The number of aromatic nitrogens is 1. The summed E-state index contributed by atoms with van der Waals surface area (Å²) in [5, 5.41) is 4.33. The lowest BCUT2D eigenvalue weighted by atomic mass is 9.93. The number of rotatable bonds is 6. The van der Waals surface area contributed by atoms with Gasteiger partial charge in [0.15, 0.2) is 0 Å². The van der Waals surface area contributed by atoms with Crippen molar-refractivity contribution in [2.75, 3.05) is 45.7 Å². The molecule has 2 aliphatic heterocycles. The highest BCUT2D eigenvalue weighted by molar-refractivity contribution is 6.02. The number of amides is 2. The first kappa shape index (κ1) is 23.4. The molecular weight excluding hydrogens is 438 g/mol. The maximum absolute atomic E-state index is 13.5. The molecule has 1 N–H and O–H groups in total. The number of anilines is 1. The number of benzene rings is 2. The molecule has 0 saturated carbocycles. The zero-order valence-electron chi connectivity index (χ0n) is 21.3. The Labute approximate surface area is 207 Å². The molecular formula is C28H35N5O2. The summed E-state index contributed by atoms with van der Waals surface area (Å²) in [4.78, 5) is 33.0. The molecule has 3 heterocycles. The lowest BCUT2D eigenvalue weighted by molar-refractivity contribution is -0.122. The third-order valence-electron chi connectivity index (χ3n) is 7.21. The normalized spacial score (nSPS) is 17.4. The summed E-state index contributed by atoms with van der Waals surface area (Å²) in [6.45, 7) is 6.71. The summed E-state index contributed by atoms with van der Waals surface area (Å²) in [5.41, 5.74) is 4.96. The molecule has 0 bridgehead atoms. The van der Waals surface area contributed by atoms with Crippen molar-refractivity contribution in [2.24, 2.45) is 5.41 Å². The van der Waals surface area contributed by atoms with Gasteiger partial charge >= 0.3 is 0 Å². The van der Waals surface area contributed by atoms with Gasteiger partial charge in [0.05, 0.1) is 16.9 Å². The van der Waals surface area contributed by atoms with Crippen LogP contribution in [0.2, 0.25) is 0 Å². The third-order valence-corrected chi connectivity index (χ3v) is 7.21. The average molecular weight is 474 g/mol. The average Bonchev–Trinajstić information content (AvgIpc) is 3.14. The maximum atomic E-state index is 13.5. The number of carbonyl (C=O) groups is 2. The Hall–Kier alpha value is -3.32. The number of carbonyl (C=O) groups excluding carboxylic acids is 2. The standard InChI is InChI=1S/C28H35N5O2/c1-28(2,18-30(3)4)17-29-24(34)16-33-23-13-9-6-10-19(23)20-14-15-32-26(25(20)33)31(5)22-12-8-7-11-21(22)27(32)35/h6-13,26H,14-18H2,1-5H3,(H,29,34)/t26-/m1/s1. The van der Waals surface area contributed by atoms with Crippen molar-refractivity contribution in [1.29, 1.82) is 0 Å². The Morgan fingerprint density at radius 2 is 1.83 bits per heavy atom.